The first kappa shape index (κ1) is 15.5. The number of nitrogens with one attached hydrogen (secondary N) is 1. The Labute approximate surface area is 150 Å². The predicted molar refractivity (Wildman–Crippen MR) is 101 cm³/mol. The van der Waals surface area contributed by atoms with E-state index in [1.807, 2.05) is 30.3 Å². The standard InChI is InChI=1S/C18H16Cl2N4/c19-13-7-5-9-15(16(13)20)22-18-21-14-8-2-1-6-12(14)17(23-18)24-10-3-4-11-24/h1-2,5-9H,3-4,10-11H2,(H,21,22,23). The van der Waals surface area contributed by atoms with Gasteiger partial charge in [0.2, 0.25) is 5.95 Å². The molecule has 0 unspecified atom stereocenters. The normalized spacial score (nSPS) is 14.3. The Kier molecular flexibility index (Phi) is 4.17. The van der Waals surface area contributed by atoms with Gasteiger partial charge >= 0.3 is 0 Å². The van der Waals surface area contributed by atoms with Crippen LogP contribution in [0.2, 0.25) is 10.0 Å². The summed E-state index contributed by atoms with van der Waals surface area (Å²) in [5.74, 6) is 1.50. The van der Waals surface area contributed by atoms with E-state index in [1.165, 1.54) is 12.8 Å². The van der Waals surface area contributed by atoms with Crippen molar-refractivity contribution >= 4 is 51.6 Å². The molecule has 2 aromatic carbocycles. The van der Waals surface area contributed by atoms with Gasteiger partial charge < -0.3 is 10.2 Å². The van der Waals surface area contributed by atoms with Crippen molar-refractivity contribution in [2.75, 3.05) is 23.3 Å². The summed E-state index contributed by atoms with van der Waals surface area (Å²) in [7, 11) is 0. The Hall–Kier alpha value is -2.04. The number of fused-ring (bicyclic) bond motifs is 1. The van der Waals surface area contributed by atoms with Crippen LogP contribution in [0.15, 0.2) is 42.5 Å². The van der Waals surface area contributed by atoms with E-state index in [0.717, 1.165) is 29.8 Å². The quantitative estimate of drug-likeness (QED) is 0.691. The Morgan fingerprint density at radius 2 is 1.71 bits per heavy atom. The zero-order valence-corrected chi connectivity index (χ0v) is 14.5. The Morgan fingerprint density at radius 1 is 0.917 bits per heavy atom. The summed E-state index contributed by atoms with van der Waals surface area (Å²) in [6.07, 6.45) is 2.39. The number of hydrogen-bond donors (Lipinski definition) is 1. The Bertz CT molecular complexity index is 891. The van der Waals surface area contributed by atoms with Crippen LogP contribution in [0.4, 0.5) is 17.5 Å². The molecular formula is C18H16Cl2N4. The van der Waals surface area contributed by atoms with Gasteiger partial charge in [0.15, 0.2) is 0 Å². The Morgan fingerprint density at radius 3 is 2.54 bits per heavy atom. The van der Waals surface area contributed by atoms with E-state index in [-0.39, 0.29) is 0 Å². The highest BCUT2D eigenvalue weighted by molar-refractivity contribution is 6.43. The summed E-state index contributed by atoms with van der Waals surface area (Å²) in [6, 6.07) is 13.5. The minimum absolute atomic E-state index is 0.471. The third kappa shape index (κ3) is 2.87. The van der Waals surface area contributed by atoms with Crippen LogP contribution in [0.3, 0.4) is 0 Å². The number of anilines is 3. The van der Waals surface area contributed by atoms with Crippen LogP contribution in [0.5, 0.6) is 0 Å². The van der Waals surface area contributed by atoms with Gasteiger partial charge in [0, 0.05) is 18.5 Å². The third-order valence-electron chi connectivity index (χ3n) is 4.19. The van der Waals surface area contributed by atoms with Crippen molar-refractivity contribution in [1.82, 2.24) is 9.97 Å². The molecular weight excluding hydrogens is 343 g/mol. The molecule has 3 aromatic rings. The summed E-state index contributed by atoms with van der Waals surface area (Å²) < 4.78 is 0. The van der Waals surface area contributed by atoms with Gasteiger partial charge in [-0.15, -0.1) is 0 Å². The molecule has 1 aromatic heterocycles. The summed E-state index contributed by atoms with van der Waals surface area (Å²) in [5.41, 5.74) is 1.61. The average molecular weight is 359 g/mol. The van der Waals surface area contributed by atoms with Gasteiger partial charge in [0.1, 0.15) is 5.82 Å². The number of hydrogen-bond acceptors (Lipinski definition) is 4. The highest BCUT2D eigenvalue weighted by atomic mass is 35.5. The van der Waals surface area contributed by atoms with Crippen molar-refractivity contribution in [3.63, 3.8) is 0 Å². The molecule has 0 amide bonds. The number of aromatic nitrogens is 2. The summed E-state index contributed by atoms with van der Waals surface area (Å²) >= 11 is 12.4. The zero-order valence-electron chi connectivity index (χ0n) is 13.0. The maximum atomic E-state index is 6.27. The van der Waals surface area contributed by atoms with Crippen molar-refractivity contribution < 1.29 is 0 Å². The highest BCUT2D eigenvalue weighted by Crippen LogP contribution is 2.33. The molecule has 1 saturated heterocycles. The van der Waals surface area contributed by atoms with E-state index < -0.39 is 0 Å². The molecule has 1 N–H and O–H groups in total. The lowest BCUT2D eigenvalue weighted by Crippen LogP contribution is -2.20. The van der Waals surface area contributed by atoms with Crippen LogP contribution in [0, 0.1) is 0 Å². The van der Waals surface area contributed by atoms with Gasteiger partial charge in [-0.3, -0.25) is 0 Å². The molecule has 1 aliphatic heterocycles. The molecule has 4 nitrogen and oxygen atoms in total. The molecule has 0 spiro atoms. The van der Waals surface area contributed by atoms with Crippen molar-refractivity contribution in [2.45, 2.75) is 12.8 Å². The molecule has 0 radical (unpaired) electrons. The minimum Gasteiger partial charge on any atom is -0.356 e. The van der Waals surface area contributed by atoms with Crippen molar-refractivity contribution in [1.29, 1.82) is 0 Å². The molecule has 0 bridgehead atoms. The van der Waals surface area contributed by atoms with E-state index in [9.17, 15) is 0 Å². The van der Waals surface area contributed by atoms with Crippen LogP contribution < -0.4 is 10.2 Å². The van der Waals surface area contributed by atoms with Crippen LogP contribution in [0.25, 0.3) is 10.9 Å². The molecule has 2 heterocycles. The third-order valence-corrected chi connectivity index (χ3v) is 5.01. The smallest absolute Gasteiger partial charge is 0.229 e. The molecule has 0 atom stereocenters. The first-order valence-corrected chi connectivity index (χ1v) is 8.71. The minimum atomic E-state index is 0.471. The van der Waals surface area contributed by atoms with Gasteiger partial charge in [-0.25, -0.2) is 4.98 Å². The lowest BCUT2D eigenvalue weighted by Gasteiger charge is -2.19. The van der Waals surface area contributed by atoms with Gasteiger partial charge in [0.25, 0.3) is 0 Å². The first-order chi connectivity index (χ1) is 11.7. The first-order valence-electron chi connectivity index (χ1n) is 7.95. The van der Waals surface area contributed by atoms with Crippen LogP contribution in [0.1, 0.15) is 12.8 Å². The molecule has 0 aliphatic carbocycles. The van der Waals surface area contributed by atoms with E-state index in [2.05, 4.69) is 21.3 Å². The fourth-order valence-corrected chi connectivity index (χ4v) is 3.35. The van der Waals surface area contributed by atoms with E-state index in [4.69, 9.17) is 28.2 Å². The second kappa shape index (κ2) is 6.46. The van der Waals surface area contributed by atoms with Crippen LogP contribution in [-0.4, -0.2) is 23.1 Å². The van der Waals surface area contributed by atoms with E-state index >= 15 is 0 Å². The number of benzene rings is 2. The lowest BCUT2D eigenvalue weighted by atomic mass is 10.2. The summed E-state index contributed by atoms with van der Waals surface area (Å²) in [4.78, 5) is 11.7. The second-order valence-electron chi connectivity index (χ2n) is 5.81. The molecule has 6 heteroatoms. The molecule has 4 rings (SSSR count). The number of halogens is 2. The van der Waals surface area contributed by atoms with Crippen molar-refractivity contribution in [3.8, 4) is 0 Å². The second-order valence-corrected chi connectivity index (χ2v) is 6.59. The molecule has 1 fully saturated rings. The van der Waals surface area contributed by atoms with Crippen LogP contribution >= 0.6 is 23.2 Å². The van der Waals surface area contributed by atoms with Crippen LogP contribution in [-0.2, 0) is 0 Å². The molecule has 1 aliphatic rings. The fourth-order valence-electron chi connectivity index (χ4n) is 3.01. The number of para-hydroxylation sites is 1. The van der Waals surface area contributed by atoms with Gasteiger partial charge in [-0.1, -0.05) is 41.4 Å². The summed E-state index contributed by atoms with van der Waals surface area (Å²) in [5, 5.41) is 5.25. The van der Waals surface area contributed by atoms with Crippen molar-refractivity contribution in [2.24, 2.45) is 0 Å². The highest BCUT2D eigenvalue weighted by Gasteiger charge is 2.18. The van der Waals surface area contributed by atoms with Crippen molar-refractivity contribution in [3.05, 3.63) is 52.5 Å². The topological polar surface area (TPSA) is 41.1 Å². The average Bonchev–Trinajstić information content (AvgIpc) is 3.13. The molecule has 122 valence electrons. The maximum absolute atomic E-state index is 6.27. The molecule has 24 heavy (non-hydrogen) atoms. The monoisotopic (exact) mass is 358 g/mol. The number of rotatable bonds is 3. The SMILES string of the molecule is Clc1cccc(Nc2nc(N3CCCC3)c3ccccc3n2)c1Cl. The predicted octanol–water partition coefficient (Wildman–Crippen LogP) is 5.28. The largest absolute Gasteiger partial charge is 0.356 e. The fraction of sp³-hybridized carbons (Fsp3) is 0.222. The maximum Gasteiger partial charge on any atom is 0.229 e. The zero-order chi connectivity index (χ0) is 16.5. The van der Waals surface area contributed by atoms with Gasteiger partial charge in [0.05, 0.1) is 21.2 Å². The summed E-state index contributed by atoms with van der Waals surface area (Å²) in [6.45, 7) is 2.05. The van der Waals surface area contributed by atoms with Gasteiger partial charge in [-0.2, -0.15) is 4.98 Å². The molecule has 0 saturated carbocycles. The van der Waals surface area contributed by atoms with E-state index in [1.54, 1.807) is 6.07 Å². The Balaban J connectivity index is 1.79. The van der Waals surface area contributed by atoms with Gasteiger partial charge in [-0.05, 0) is 37.1 Å². The number of nitrogens with zero attached hydrogens (tertiary/aromatic N) is 3. The lowest BCUT2D eigenvalue weighted by molar-refractivity contribution is 0.941. The van der Waals surface area contributed by atoms with E-state index in [0.29, 0.717) is 21.7 Å².